The Morgan fingerprint density at radius 2 is 1.32 bits per heavy atom. The summed E-state index contributed by atoms with van der Waals surface area (Å²) in [5, 5.41) is 2.26. The van der Waals surface area contributed by atoms with Crippen LogP contribution in [0.1, 0.15) is 38.3 Å². The van der Waals surface area contributed by atoms with Crippen LogP contribution in [-0.2, 0) is 5.41 Å². The van der Waals surface area contributed by atoms with E-state index in [4.69, 9.17) is 4.42 Å². The van der Waals surface area contributed by atoms with E-state index in [0.717, 1.165) is 67.7 Å². The minimum atomic E-state index is -0.117. The van der Waals surface area contributed by atoms with E-state index in [-0.39, 0.29) is 5.41 Å². The van der Waals surface area contributed by atoms with Crippen LogP contribution in [0, 0.1) is 0 Å². The van der Waals surface area contributed by atoms with Crippen LogP contribution in [0.3, 0.4) is 0 Å². The Labute approximate surface area is 313 Å². The molecular weight excluding hydrogens is 643 g/mol. The van der Waals surface area contributed by atoms with Gasteiger partial charge in [-0.3, -0.25) is 0 Å². The molecule has 1 heterocycles. The molecule has 0 spiro atoms. The molecule has 0 saturated heterocycles. The molecule has 7 aromatic rings. The minimum Gasteiger partial charge on any atom is -0.455 e. The molecule has 258 valence electrons. The molecule has 1 aromatic heterocycles. The summed E-state index contributed by atoms with van der Waals surface area (Å²) >= 11 is 0. The Kier molecular flexibility index (Phi) is 9.12. The zero-order chi connectivity index (χ0) is 36.4. The van der Waals surface area contributed by atoms with E-state index in [0.29, 0.717) is 0 Å². The standard InChI is InChI=1S/C51H43NO/c1-5-7-8-9-10-11-15-23-37(6-2)52(39-31-33-42-41-24-16-18-28-47(41)51(3,4)48(42)35-39)38-30-32-40(46(34-38)36-21-13-12-14-22-36)44-26-20-27-45-43-25-17-19-29-49(43)53-50(44)45/h5-10,12-35H,1,11H2,2-4H3/b8-7-,10-9+,23-15-,37-6+. The van der Waals surface area contributed by atoms with E-state index >= 15 is 0 Å². The molecule has 2 nitrogen and oxygen atoms in total. The number of para-hydroxylation sites is 2. The number of hydrogen-bond acceptors (Lipinski definition) is 2. The Morgan fingerprint density at radius 3 is 2.15 bits per heavy atom. The van der Waals surface area contributed by atoms with E-state index in [1.807, 2.05) is 18.2 Å². The zero-order valence-corrected chi connectivity index (χ0v) is 30.6. The summed E-state index contributed by atoms with van der Waals surface area (Å²) in [4.78, 5) is 2.40. The molecule has 0 radical (unpaired) electrons. The van der Waals surface area contributed by atoms with Crippen molar-refractivity contribution in [3.63, 3.8) is 0 Å². The normalized spacial score (nSPS) is 13.8. The van der Waals surface area contributed by atoms with Gasteiger partial charge in [0, 0.05) is 38.8 Å². The predicted octanol–water partition coefficient (Wildman–Crippen LogP) is 14.5. The molecule has 1 aliphatic rings. The molecule has 2 heteroatoms. The lowest BCUT2D eigenvalue weighted by atomic mass is 9.82. The number of fused-ring (bicyclic) bond motifs is 6. The Hall–Kier alpha value is -6.38. The summed E-state index contributed by atoms with van der Waals surface area (Å²) in [6.45, 7) is 10.6. The molecule has 0 aliphatic heterocycles. The number of allylic oxidation sites excluding steroid dienone is 8. The summed E-state index contributed by atoms with van der Waals surface area (Å²) in [5.74, 6) is 0. The van der Waals surface area contributed by atoms with Gasteiger partial charge >= 0.3 is 0 Å². The Balaban J connectivity index is 1.30. The molecule has 8 rings (SSSR count). The fourth-order valence-electron chi connectivity index (χ4n) is 7.87. The van der Waals surface area contributed by atoms with Crippen LogP contribution < -0.4 is 4.90 Å². The van der Waals surface area contributed by atoms with Gasteiger partial charge in [0.15, 0.2) is 0 Å². The summed E-state index contributed by atoms with van der Waals surface area (Å²) in [6.07, 6.45) is 17.4. The fraction of sp³-hybridized carbons (Fsp3) is 0.0980. The highest BCUT2D eigenvalue weighted by Gasteiger charge is 2.35. The van der Waals surface area contributed by atoms with E-state index in [1.165, 1.54) is 22.3 Å². The molecule has 53 heavy (non-hydrogen) atoms. The average molecular weight is 686 g/mol. The van der Waals surface area contributed by atoms with Crippen LogP contribution in [0.15, 0.2) is 199 Å². The van der Waals surface area contributed by atoms with Gasteiger partial charge in [-0.2, -0.15) is 0 Å². The maximum Gasteiger partial charge on any atom is 0.143 e. The van der Waals surface area contributed by atoms with E-state index in [2.05, 4.69) is 190 Å². The van der Waals surface area contributed by atoms with Gasteiger partial charge < -0.3 is 9.32 Å². The van der Waals surface area contributed by atoms with Crippen LogP contribution in [-0.4, -0.2) is 0 Å². The fourth-order valence-corrected chi connectivity index (χ4v) is 7.87. The number of rotatable bonds is 10. The van der Waals surface area contributed by atoms with Gasteiger partial charge in [0.25, 0.3) is 0 Å². The third kappa shape index (κ3) is 6.17. The molecule has 0 saturated carbocycles. The highest BCUT2D eigenvalue weighted by atomic mass is 16.3. The average Bonchev–Trinajstić information content (AvgIpc) is 3.69. The van der Waals surface area contributed by atoms with Crippen LogP contribution >= 0.6 is 0 Å². The van der Waals surface area contributed by atoms with Gasteiger partial charge in [0.1, 0.15) is 11.2 Å². The van der Waals surface area contributed by atoms with Crippen molar-refractivity contribution in [1.82, 2.24) is 0 Å². The quantitative estimate of drug-likeness (QED) is 0.133. The van der Waals surface area contributed by atoms with Crippen molar-refractivity contribution in [2.24, 2.45) is 0 Å². The first-order valence-corrected chi connectivity index (χ1v) is 18.4. The van der Waals surface area contributed by atoms with Crippen LogP contribution in [0.2, 0.25) is 0 Å². The van der Waals surface area contributed by atoms with E-state index < -0.39 is 0 Å². The van der Waals surface area contributed by atoms with E-state index in [9.17, 15) is 0 Å². The number of benzene rings is 6. The highest BCUT2D eigenvalue weighted by molar-refractivity contribution is 6.10. The van der Waals surface area contributed by atoms with Gasteiger partial charge in [-0.05, 0) is 88.7 Å². The first-order valence-electron chi connectivity index (χ1n) is 18.4. The van der Waals surface area contributed by atoms with Crippen molar-refractivity contribution >= 4 is 33.3 Å². The van der Waals surface area contributed by atoms with Crippen LogP contribution in [0.4, 0.5) is 11.4 Å². The van der Waals surface area contributed by atoms with Crippen molar-refractivity contribution in [3.8, 4) is 33.4 Å². The molecule has 0 atom stereocenters. The highest BCUT2D eigenvalue weighted by Crippen LogP contribution is 2.50. The Morgan fingerprint density at radius 1 is 0.623 bits per heavy atom. The van der Waals surface area contributed by atoms with Crippen molar-refractivity contribution < 1.29 is 4.42 Å². The molecule has 1 aliphatic carbocycles. The maximum absolute atomic E-state index is 6.56. The topological polar surface area (TPSA) is 16.4 Å². The Bertz CT molecular complexity index is 2590. The van der Waals surface area contributed by atoms with Crippen LogP contribution in [0.5, 0.6) is 0 Å². The van der Waals surface area contributed by atoms with Gasteiger partial charge in [-0.1, -0.05) is 166 Å². The molecule has 0 bridgehead atoms. The molecule has 0 N–H and O–H groups in total. The van der Waals surface area contributed by atoms with Gasteiger partial charge in [0.05, 0.1) is 0 Å². The monoisotopic (exact) mass is 685 g/mol. The van der Waals surface area contributed by atoms with Gasteiger partial charge in [-0.15, -0.1) is 0 Å². The lowest BCUT2D eigenvalue weighted by molar-refractivity contribution is 0.660. The molecule has 0 fully saturated rings. The molecule has 0 amide bonds. The van der Waals surface area contributed by atoms with E-state index in [1.54, 1.807) is 6.08 Å². The number of furan rings is 1. The molecular formula is C51H43NO. The molecule has 6 aromatic carbocycles. The largest absolute Gasteiger partial charge is 0.455 e. The third-order valence-corrected chi connectivity index (χ3v) is 10.5. The lowest BCUT2D eigenvalue weighted by Gasteiger charge is -2.29. The second-order valence-electron chi connectivity index (χ2n) is 14.0. The van der Waals surface area contributed by atoms with Gasteiger partial charge in [-0.25, -0.2) is 0 Å². The SMILES string of the molecule is C=C/C=C\C=C\C/C=C\C(=C/C)N(c1ccc(-c2cccc3c2oc2ccccc23)c(-c2ccccc2)c1)c1ccc2c(c1)C(C)(C)c1ccccc1-2. The predicted molar refractivity (Wildman–Crippen MR) is 227 cm³/mol. The first-order chi connectivity index (χ1) is 26.0. The molecule has 0 unspecified atom stereocenters. The summed E-state index contributed by atoms with van der Waals surface area (Å²) in [6, 6.07) is 48.2. The van der Waals surface area contributed by atoms with Crippen LogP contribution in [0.25, 0.3) is 55.3 Å². The maximum atomic E-state index is 6.56. The zero-order valence-electron chi connectivity index (χ0n) is 30.6. The second kappa shape index (κ2) is 14.3. The number of anilines is 2. The summed E-state index contributed by atoms with van der Waals surface area (Å²) in [5.41, 5.74) is 14.8. The summed E-state index contributed by atoms with van der Waals surface area (Å²) in [7, 11) is 0. The number of hydrogen-bond donors (Lipinski definition) is 0. The second-order valence-corrected chi connectivity index (χ2v) is 14.0. The van der Waals surface area contributed by atoms with Crippen molar-refractivity contribution in [1.29, 1.82) is 0 Å². The minimum absolute atomic E-state index is 0.117. The van der Waals surface area contributed by atoms with Crippen molar-refractivity contribution in [2.75, 3.05) is 4.90 Å². The number of nitrogens with zero attached hydrogens (tertiary/aromatic N) is 1. The smallest absolute Gasteiger partial charge is 0.143 e. The summed E-state index contributed by atoms with van der Waals surface area (Å²) < 4.78 is 6.56. The van der Waals surface area contributed by atoms with Crippen molar-refractivity contribution in [3.05, 3.63) is 205 Å². The lowest BCUT2D eigenvalue weighted by Crippen LogP contribution is -2.18. The first kappa shape index (κ1) is 33.7. The van der Waals surface area contributed by atoms with Crippen molar-refractivity contribution in [2.45, 2.75) is 32.6 Å². The third-order valence-electron chi connectivity index (χ3n) is 10.5. The van der Waals surface area contributed by atoms with Gasteiger partial charge in [0.2, 0.25) is 0 Å².